The molecule has 104 valence electrons. The van der Waals surface area contributed by atoms with Gasteiger partial charge >= 0.3 is 0 Å². The zero-order chi connectivity index (χ0) is 13.6. The van der Waals surface area contributed by atoms with Crippen LogP contribution in [0.2, 0.25) is 0 Å². The molecule has 1 saturated carbocycles. The average molecular weight is 258 g/mol. The molecule has 0 heterocycles. The number of hydrogen-bond donors (Lipinski definition) is 0. The van der Waals surface area contributed by atoms with Crippen LogP contribution in [-0.4, -0.2) is 5.78 Å². The van der Waals surface area contributed by atoms with E-state index in [0.29, 0.717) is 29.5 Å². The number of Topliss-reactive ketones (excluding diaryl/α,β-unsaturated/α-hetero) is 1. The van der Waals surface area contributed by atoms with Crippen molar-refractivity contribution in [2.45, 2.75) is 46.5 Å². The van der Waals surface area contributed by atoms with Gasteiger partial charge < -0.3 is 0 Å². The van der Waals surface area contributed by atoms with Crippen molar-refractivity contribution in [2.75, 3.05) is 0 Å². The number of carbonyl (C=O) groups excluding carboxylic acids is 1. The van der Waals surface area contributed by atoms with E-state index in [2.05, 4.69) is 39.0 Å². The van der Waals surface area contributed by atoms with E-state index in [1.54, 1.807) is 0 Å². The molecular weight excluding hydrogens is 232 g/mol. The summed E-state index contributed by atoms with van der Waals surface area (Å²) in [6.45, 7) is 6.84. The molecule has 3 aliphatic carbocycles. The number of fused-ring (bicyclic) bond motifs is 2. The Kier molecular flexibility index (Phi) is 3.41. The maximum Gasteiger partial charge on any atom is 0.140 e. The molecule has 1 fully saturated rings. The second-order valence-corrected chi connectivity index (χ2v) is 6.95. The second kappa shape index (κ2) is 4.92. The topological polar surface area (TPSA) is 17.1 Å². The minimum Gasteiger partial charge on any atom is -0.299 e. The van der Waals surface area contributed by atoms with Gasteiger partial charge in [-0.2, -0.15) is 0 Å². The van der Waals surface area contributed by atoms with Crippen molar-refractivity contribution < 1.29 is 4.79 Å². The predicted molar refractivity (Wildman–Crippen MR) is 78.7 cm³/mol. The van der Waals surface area contributed by atoms with Gasteiger partial charge in [-0.3, -0.25) is 4.79 Å². The van der Waals surface area contributed by atoms with Crippen LogP contribution in [0.1, 0.15) is 46.5 Å². The number of rotatable bonds is 1. The van der Waals surface area contributed by atoms with Gasteiger partial charge in [0.25, 0.3) is 0 Å². The molecule has 0 N–H and O–H groups in total. The Morgan fingerprint density at radius 2 is 2.11 bits per heavy atom. The minimum absolute atomic E-state index is 0.253. The molecule has 1 nitrogen and oxygen atoms in total. The van der Waals surface area contributed by atoms with Crippen LogP contribution < -0.4 is 0 Å². The lowest BCUT2D eigenvalue weighted by molar-refractivity contribution is -0.130. The Morgan fingerprint density at radius 1 is 1.32 bits per heavy atom. The lowest BCUT2D eigenvalue weighted by Crippen LogP contribution is -2.34. The van der Waals surface area contributed by atoms with Crippen LogP contribution in [0.4, 0.5) is 0 Å². The third-order valence-corrected chi connectivity index (χ3v) is 5.98. The molecule has 0 unspecified atom stereocenters. The molecule has 19 heavy (non-hydrogen) atoms. The third-order valence-electron chi connectivity index (χ3n) is 5.98. The zero-order valence-corrected chi connectivity index (χ0v) is 12.4. The summed E-state index contributed by atoms with van der Waals surface area (Å²) in [7, 11) is 0. The van der Waals surface area contributed by atoms with Crippen molar-refractivity contribution in [2.24, 2.45) is 35.5 Å². The molecule has 0 bridgehead atoms. The molecule has 0 radical (unpaired) electrons. The molecule has 0 amide bonds. The smallest absolute Gasteiger partial charge is 0.140 e. The Hall–Kier alpha value is -0.850. The lowest BCUT2D eigenvalue weighted by atomic mass is 9.71. The van der Waals surface area contributed by atoms with E-state index in [4.69, 9.17) is 0 Å². The van der Waals surface area contributed by atoms with Gasteiger partial charge in [0.05, 0.1) is 0 Å². The van der Waals surface area contributed by atoms with Crippen LogP contribution in [-0.2, 0) is 4.79 Å². The molecule has 0 spiro atoms. The highest BCUT2D eigenvalue weighted by Crippen LogP contribution is 2.49. The van der Waals surface area contributed by atoms with Crippen molar-refractivity contribution in [1.82, 2.24) is 0 Å². The molecule has 3 aliphatic rings. The molecular formula is C18H26O. The molecule has 3 rings (SSSR count). The Morgan fingerprint density at radius 3 is 2.84 bits per heavy atom. The van der Waals surface area contributed by atoms with E-state index in [-0.39, 0.29) is 5.92 Å². The fourth-order valence-electron chi connectivity index (χ4n) is 4.98. The largest absolute Gasteiger partial charge is 0.299 e. The van der Waals surface area contributed by atoms with Crippen molar-refractivity contribution in [3.05, 3.63) is 23.8 Å². The van der Waals surface area contributed by atoms with Crippen molar-refractivity contribution in [3.8, 4) is 0 Å². The van der Waals surface area contributed by atoms with Gasteiger partial charge in [0.2, 0.25) is 0 Å². The number of ketones is 1. The van der Waals surface area contributed by atoms with E-state index < -0.39 is 0 Å². The quantitative estimate of drug-likeness (QED) is 0.637. The van der Waals surface area contributed by atoms with Crippen LogP contribution in [0.25, 0.3) is 0 Å². The standard InChI is InChI=1S/C18H26O/c1-4-14-12(3)10-13-9-8-11(2)15-6-5-7-16(15)18(19)17(13)14/h5-6,8,12-17H,4,7,9-10H2,1-3H3/t12-,13+,14-,15+,16-,17-/m1/s1. The van der Waals surface area contributed by atoms with Gasteiger partial charge in [-0.1, -0.05) is 44.1 Å². The summed E-state index contributed by atoms with van der Waals surface area (Å²) >= 11 is 0. The first-order valence-corrected chi connectivity index (χ1v) is 8.00. The summed E-state index contributed by atoms with van der Waals surface area (Å²) in [4.78, 5) is 13.1. The van der Waals surface area contributed by atoms with Gasteiger partial charge in [0.1, 0.15) is 5.78 Å². The highest BCUT2D eigenvalue weighted by Gasteiger charge is 2.47. The van der Waals surface area contributed by atoms with E-state index in [1.807, 2.05) is 0 Å². The number of allylic oxidation sites excluding steroid dienone is 4. The molecule has 0 aliphatic heterocycles. The minimum atomic E-state index is 0.253. The summed E-state index contributed by atoms with van der Waals surface area (Å²) in [6.07, 6.45) is 11.5. The maximum absolute atomic E-state index is 13.1. The van der Waals surface area contributed by atoms with Crippen LogP contribution in [0.5, 0.6) is 0 Å². The van der Waals surface area contributed by atoms with Crippen molar-refractivity contribution in [3.63, 3.8) is 0 Å². The summed E-state index contributed by atoms with van der Waals surface area (Å²) < 4.78 is 0. The lowest BCUT2D eigenvalue weighted by Gasteiger charge is -2.31. The van der Waals surface area contributed by atoms with Crippen molar-refractivity contribution in [1.29, 1.82) is 0 Å². The van der Waals surface area contributed by atoms with E-state index in [9.17, 15) is 4.79 Å². The summed E-state index contributed by atoms with van der Waals surface area (Å²) in [5.41, 5.74) is 1.43. The average Bonchev–Trinajstić information content (AvgIpc) is 2.98. The highest BCUT2D eigenvalue weighted by atomic mass is 16.1. The Balaban J connectivity index is 1.96. The van der Waals surface area contributed by atoms with Gasteiger partial charge in [-0.15, -0.1) is 0 Å². The summed E-state index contributed by atoms with van der Waals surface area (Å²) in [5, 5.41) is 0. The monoisotopic (exact) mass is 258 g/mol. The predicted octanol–water partition coefficient (Wildman–Crippen LogP) is 4.40. The molecule has 0 saturated heterocycles. The fourth-order valence-corrected chi connectivity index (χ4v) is 4.98. The molecule has 6 atom stereocenters. The fraction of sp³-hybridized carbons (Fsp3) is 0.722. The zero-order valence-electron chi connectivity index (χ0n) is 12.4. The van der Waals surface area contributed by atoms with Crippen LogP contribution >= 0.6 is 0 Å². The molecule has 0 aromatic rings. The maximum atomic E-state index is 13.1. The number of hydrogen-bond acceptors (Lipinski definition) is 1. The number of carbonyl (C=O) groups is 1. The van der Waals surface area contributed by atoms with Crippen LogP contribution in [0, 0.1) is 35.5 Å². The molecule has 0 aromatic heterocycles. The van der Waals surface area contributed by atoms with Crippen LogP contribution in [0.3, 0.4) is 0 Å². The summed E-state index contributed by atoms with van der Waals surface area (Å²) in [6, 6.07) is 0. The highest BCUT2D eigenvalue weighted by molar-refractivity contribution is 5.86. The molecule has 1 heteroatoms. The third kappa shape index (κ3) is 2.02. The van der Waals surface area contributed by atoms with Crippen LogP contribution in [0.15, 0.2) is 23.8 Å². The summed E-state index contributed by atoms with van der Waals surface area (Å²) in [5.74, 6) is 3.56. The Bertz CT molecular complexity index is 431. The van der Waals surface area contributed by atoms with Gasteiger partial charge in [0.15, 0.2) is 0 Å². The van der Waals surface area contributed by atoms with E-state index in [1.165, 1.54) is 18.4 Å². The van der Waals surface area contributed by atoms with Crippen molar-refractivity contribution >= 4 is 5.78 Å². The van der Waals surface area contributed by atoms with E-state index >= 15 is 0 Å². The molecule has 0 aromatic carbocycles. The Labute approximate surface area is 117 Å². The first-order chi connectivity index (χ1) is 9.13. The first-order valence-electron chi connectivity index (χ1n) is 8.00. The van der Waals surface area contributed by atoms with E-state index in [0.717, 1.165) is 18.8 Å². The first kappa shape index (κ1) is 13.1. The second-order valence-electron chi connectivity index (χ2n) is 6.95. The van der Waals surface area contributed by atoms with Gasteiger partial charge in [-0.25, -0.2) is 0 Å². The van der Waals surface area contributed by atoms with Gasteiger partial charge in [0, 0.05) is 17.8 Å². The van der Waals surface area contributed by atoms with Gasteiger partial charge in [-0.05, 0) is 43.9 Å². The normalized spacial score (nSPS) is 45.4. The SMILES string of the molecule is CC[C@H]1[C@@H]2C(=O)[C@@H]3CC=C[C@H]3C(C)=CC[C@H]2C[C@H]1C.